The summed E-state index contributed by atoms with van der Waals surface area (Å²) in [6.45, 7) is 0.0125. The van der Waals surface area contributed by atoms with Gasteiger partial charge in [0.1, 0.15) is 17.9 Å². The molecular formula is C28H20N2O5S. The molecule has 5 rings (SSSR count). The van der Waals surface area contributed by atoms with Gasteiger partial charge in [-0.2, -0.15) is 0 Å². The zero-order valence-electron chi connectivity index (χ0n) is 19.0. The van der Waals surface area contributed by atoms with Crippen molar-refractivity contribution in [1.82, 2.24) is 4.98 Å². The number of nitrogens with zero attached hydrogens (tertiary/aromatic N) is 2. The summed E-state index contributed by atoms with van der Waals surface area (Å²) in [6, 6.07) is 24.7. The lowest BCUT2D eigenvalue weighted by atomic mass is 10.1. The van der Waals surface area contributed by atoms with Crippen molar-refractivity contribution < 1.29 is 14.1 Å². The Morgan fingerprint density at radius 1 is 0.944 bits per heavy atom. The molecule has 0 atom stereocenters. The molecule has 36 heavy (non-hydrogen) atoms. The van der Waals surface area contributed by atoms with Crippen molar-refractivity contribution in [3.05, 3.63) is 129 Å². The zero-order valence-corrected chi connectivity index (χ0v) is 19.8. The fourth-order valence-electron chi connectivity index (χ4n) is 3.80. The first-order valence-corrected chi connectivity index (χ1v) is 12.1. The molecule has 0 N–H and O–H groups in total. The second-order valence-electron chi connectivity index (χ2n) is 7.94. The molecule has 0 aliphatic rings. The van der Waals surface area contributed by atoms with Crippen molar-refractivity contribution in [1.29, 1.82) is 0 Å². The van der Waals surface area contributed by atoms with Gasteiger partial charge in [0.15, 0.2) is 5.09 Å². The van der Waals surface area contributed by atoms with E-state index in [1.165, 1.54) is 17.8 Å². The van der Waals surface area contributed by atoms with E-state index in [9.17, 15) is 14.9 Å². The number of nitro benzene ring substituents is 1. The van der Waals surface area contributed by atoms with Gasteiger partial charge in [0, 0.05) is 30.3 Å². The number of thioether (sulfide) groups is 1. The largest absolute Gasteiger partial charge is 0.489 e. The molecule has 0 aliphatic heterocycles. The minimum atomic E-state index is -0.435. The average Bonchev–Trinajstić information content (AvgIpc) is 2.92. The third-order valence-corrected chi connectivity index (χ3v) is 6.62. The number of nitro groups is 1. The van der Waals surface area contributed by atoms with Gasteiger partial charge in [0.25, 0.3) is 5.69 Å². The van der Waals surface area contributed by atoms with Crippen LogP contribution in [0.4, 0.5) is 5.69 Å². The highest BCUT2D eigenvalue weighted by Gasteiger charge is 2.18. The number of fused-ring (bicyclic) bond motifs is 1. The van der Waals surface area contributed by atoms with Crippen LogP contribution in [0.1, 0.15) is 11.1 Å². The van der Waals surface area contributed by atoms with Crippen molar-refractivity contribution >= 4 is 28.4 Å². The van der Waals surface area contributed by atoms with Crippen LogP contribution in [0.15, 0.2) is 112 Å². The van der Waals surface area contributed by atoms with E-state index in [0.717, 1.165) is 11.1 Å². The van der Waals surface area contributed by atoms with Crippen molar-refractivity contribution in [2.45, 2.75) is 17.5 Å². The molecule has 178 valence electrons. The van der Waals surface area contributed by atoms with Gasteiger partial charge in [-0.1, -0.05) is 54.2 Å². The minimum absolute atomic E-state index is 0.00729. The number of rotatable bonds is 8. The van der Waals surface area contributed by atoms with Crippen LogP contribution in [0.3, 0.4) is 0 Å². The van der Waals surface area contributed by atoms with Crippen LogP contribution in [0.5, 0.6) is 5.75 Å². The fourth-order valence-corrected chi connectivity index (χ4v) is 4.79. The number of pyridine rings is 1. The number of benzene rings is 3. The monoisotopic (exact) mass is 496 g/mol. The molecule has 3 aromatic carbocycles. The first-order valence-electron chi connectivity index (χ1n) is 11.1. The van der Waals surface area contributed by atoms with E-state index < -0.39 is 4.92 Å². The highest BCUT2D eigenvalue weighted by molar-refractivity contribution is 7.98. The van der Waals surface area contributed by atoms with Gasteiger partial charge in [0.05, 0.1) is 21.4 Å². The van der Waals surface area contributed by atoms with Crippen LogP contribution in [0.25, 0.3) is 22.1 Å². The smallest absolute Gasteiger partial charge is 0.276 e. The van der Waals surface area contributed by atoms with Crippen LogP contribution in [0.2, 0.25) is 0 Å². The second-order valence-corrected chi connectivity index (χ2v) is 8.88. The van der Waals surface area contributed by atoms with Gasteiger partial charge in [-0.25, -0.2) is 0 Å². The predicted molar refractivity (Wildman–Crippen MR) is 139 cm³/mol. The maximum Gasteiger partial charge on any atom is 0.276 e. The molecule has 2 aromatic heterocycles. The van der Waals surface area contributed by atoms with Crippen LogP contribution in [0, 0.1) is 10.1 Å². The quantitative estimate of drug-likeness (QED) is 0.135. The highest BCUT2D eigenvalue weighted by atomic mass is 32.2. The molecule has 0 fully saturated rings. The van der Waals surface area contributed by atoms with E-state index in [2.05, 4.69) is 4.98 Å². The van der Waals surface area contributed by atoms with Crippen LogP contribution in [-0.2, 0) is 12.4 Å². The van der Waals surface area contributed by atoms with E-state index in [-0.39, 0.29) is 17.7 Å². The number of aromatic nitrogens is 1. The Morgan fingerprint density at radius 2 is 1.69 bits per heavy atom. The Morgan fingerprint density at radius 3 is 2.47 bits per heavy atom. The van der Waals surface area contributed by atoms with Gasteiger partial charge < -0.3 is 9.15 Å². The van der Waals surface area contributed by atoms with E-state index in [1.807, 2.05) is 42.5 Å². The molecule has 0 unspecified atom stereocenters. The first-order chi connectivity index (χ1) is 17.6. The summed E-state index contributed by atoms with van der Waals surface area (Å²) >= 11 is 1.44. The van der Waals surface area contributed by atoms with Gasteiger partial charge >= 0.3 is 0 Å². The van der Waals surface area contributed by atoms with Crippen LogP contribution >= 0.6 is 11.8 Å². The lowest BCUT2D eigenvalue weighted by Crippen LogP contribution is -2.07. The third-order valence-electron chi connectivity index (χ3n) is 5.60. The van der Waals surface area contributed by atoms with Crippen molar-refractivity contribution in [3.63, 3.8) is 0 Å². The molecule has 0 aliphatic carbocycles. The molecule has 2 heterocycles. The van der Waals surface area contributed by atoms with Gasteiger partial charge in [-0.15, -0.1) is 0 Å². The normalized spacial score (nSPS) is 10.9. The van der Waals surface area contributed by atoms with Crippen molar-refractivity contribution in [2.75, 3.05) is 0 Å². The van der Waals surface area contributed by atoms with Crippen molar-refractivity contribution in [2.24, 2.45) is 0 Å². The Hall–Kier alpha value is -4.43. The average molecular weight is 497 g/mol. The molecule has 0 saturated carbocycles. The summed E-state index contributed by atoms with van der Waals surface area (Å²) in [4.78, 5) is 28.5. The molecule has 8 heteroatoms. The Balaban J connectivity index is 1.51. The summed E-state index contributed by atoms with van der Waals surface area (Å²) in [6.07, 6.45) is 3.45. The Bertz CT molecular complexity index is 1590. The number of hydrogen-bond donors (Lipinski definition) is 0. The number of para-hydroxylation sites is 1. The Labute approximate surface area is 210 Å². The molecule has 0 saturated heterocycles. The summed E-state index contributed by atoms with van der Waals surface area (Å²) < 4.78 is 12.1. The van der Waals surface area contributed by atoms with Gasteiger partial charge in [-0.05, 0) is 41.5 Å². The van der Waals surface area contributed by atoms with E-state index >= 15 is 0 Å². The fraction of sp³-hybridized carbons (Fsp3) is 0.0714. The molecule has 7 nitrogen and oxygen atoms in total. The molecule has 0 bridgehead atoms. The summed E-state index contributed by atoms with van der Waals surface area (Å²) in [7, 11) is 0. The first kappa shape index (κ1) is 23.3. The number of hydrogen-bond acceptors (Lipinski definition) is 7. The summed E-state index contributed by atoms with van der Waals surface area (Å²) in [5.74, 6) is 1.05. The predicted octanol–water partition coefficient (Wildman–Crippen LogP) is 6.63. The van der Waals surface area contributed by atoms with Crippen LogP contribution < -0.4 is 10.2 Å². The molecule has 5 aromatic rings. The topological polar surface area (TPSA) is 95.5 Å². The Kier molecular flexibility index (Phi) is 6.77. The van der Waals surface area contributed by atoms with E-state index in [0.29, 0.717) is 38.7 Å². The molecule has 0 radical (unpaired) electrons. The lowest BCUT2D eigenvalue weighted by molar-refractivity contribution is -0.385. The van der Waals surface area contributed by atoms with E-state index in [1.54, 1.807) is 48.8 Å². The highest BCUT2D eigenvalue weighted by Crippen LogP contribution is 2.34. The SMILES string of the molecule is O=c1c(-c2ccccc2)c(SCc2ccncc2)oc2cc(OCc3ccccc3[N+](=O)[O-])ccc12. The molecule has 0 spiro atoms. The van der Waals surface area contributed by atoms with Crippen molar-refractivity contribution in [3.8, 4) is 16.9 Å². The molecular weight excluding hydrogens is 476 g/mol. The summed E-state index contributed by atoms with van der Waals surface area (Å²) in [5.41, 5.74) is 3.04. The minimum Gasteiger partial charge on any atom is -0.489 e. The zero-order chi connectivity index (χ0) is 24.9. The molecule has 0 amide bonds. The van der Waals surface area contributed by atoms with E-state index in [4.69, 9.17) is 9.15 Å². The number of ether oxygens (including phenoxy) is 1. The van der Waals surface area contributed by atoms with Crippen LogP contribution in [-0.4, -0.2) is 9.91 Å². The summed E-state index contributed by atoms with van der Waals surface area (Å²) in [5, 5.41) is 12.2. The third kappa shape index (κ3) is 4.99. The second kappa shape index (κ2) is 10.5. The van der Waals surface area contributed by atoms with Gasteiger partial charge in [-0.3, -0.25) is 19.9 Å². The lowest BCUT2D eigenvalue weighted by Gasteiger charge is -2.12. The standard InChI is InChI=1S/C28H20N2O5S/c31-27-23-11-10-22(34-17-21-8-4-5-9-24(21)30(32)33)16-25(23)35-28(26(27)20-6-2-1-3-7-20)36-18-19-12-14-29-15-13-19/h1-16H,17-18H2. The van der Waals surface area contributed by atoms with Gasteiger partial charge in [0.2, 0.25) is 5.43 Å². The maximum absolute atomic E-state index is 13.6. The maximum atomic E-state index is 13.6.